The van der Waals surface area contributed by atoms with Gasteiger partial charge in [-0.3, -0.25) is 9.36 Å². The molecule has 0 aliphatic heterocycles. The zero-order chi connectivity index (χ0) is 14.9. The van der Waals surface area contributed by atoms with Gasteiger partial charge >= 0.3 is 6.18 Å². The molecule has 1 heterocycles. The Morgan fingerprint density at radius 1 is 1.15 bits per heavy atom. The van der Waals surface area contributed by atoms with Crippen molar-refractivity contribution in [3.05, 3.63) is 58.0 Å². The van der Waals surface area contributed by atoms with E-state index in [2.05, 4.69) is 0 Å². The van der Waals surface area contributed by atoms with E-state index in [9.17, 15) is 18.0 Å². The van der Waals surface area contributed by atoms with Crippen molar-refractivity contribution in [1.29, 1.82) is 0 Å². The van der Waals surface area contributed by atoms with E-state index in [-0.39, 0.29) is 0 Å². The molecule has 0 fully saturated rings. The third-order valence-electron chi connectivity index (χ3n) is 2.87. The zero-order valence-corrected chi connectivity index (χ0v) is 10.9. The molecule has 0 bridgehead atoms. The fourth-order valence-electron chi connectivity index (χ4n) is 2.02. The Hall–Kier alpha value is -2.24. The molecule has 106 valence electrons. The highest BCUT2D eigenvalue weighted by atomic mass is 19.4. The van der Waals surface area contributed by atoms with Crippen molar-refractivity contribution >= 4 is 0 Å². The van der Waals surface area contributed by atoms with Crippen LogP contribution in [0.15, 0.2) is 41.2 Å². The van der Waals surface area contributed by atoms with E-state index in [4.69, 9.17) is 4.74 Å². The number of halogens is 3. The topological polar surface area (TPSA) is 31.2 Å². The molecule has 0 saturated carbocycles. The Morgan fingerprint density at radius 3 is 2.25 bits per heavy atom. The summed E-state index contributed by atoms with van der Waals surface area (Å²) in [5.74, 6) is -0.466. The predicted octanol–water partition coefficient (Wildman–Crippen LogP) is 3.17. The number of aryl methyl sites for hydroxylation is 1. The molecule has 2 aromatic rings. The lowest BCUT2D eigenvalue weighted by molar-refractivity contribution is -0.140. The van der Waals surface area contributed by atoms with Gasteiger partial charge in [-0.25, -0.2) is 0 Å². The molecule has 0 spiro atoms. The fraction of sp³-hybridized carbons (Fsp3) is 0.214. The largest absolute Gasteiger partial charge is 0.496 e. The van der Waals surface area contributed by atoms with Crippen molar-refractivity contribution in [3.8, 4) is 11.4 Å². The first-order chi connectivity index (χ1) is 9.36. The van der Waals surface area contributed by atoms with Crippen LogP contribution in [0.4, 0.5) is 13.2 Å². The summed E-state index contributed by atoms with van der Waals surface area (Å²) in [6.45, 7) is 1.55. The molecular weight excluding hydrogens is 271 g/mol. The van der Waals surface area contributed by atoms with Crippen LogP contribution in [0.25, 0.3) is 5.69 Å². The number of aromatic nitrogens is 1. The minimum absolute atomic E-state index is 0.367. The average Bonchev–Trinajstić information content (AvgIpc) is 2.37. The lowest BCUT2D eigenvalue weighted by atomic mass is 10.2. The van der Waals surface area contributed by atoms with Crippen LogP contribution in [0.2, 0.25) is 0 Å². The number of para-hydroxylation sites is 1. The first-order valence-corrected chi connectivity index (χ1v) is 5.79. The second-order valence-electron chi connectivity index (χ2n) is 4.20. The number of methoxy groups -OCH3 is 1. The van der Waals surface area contributed by atoms with Crippen LogP contribution in [0, 0.1) is 6.92 Å². The van der Waals surface area contributed by atoms with Gasteiger partial charge in [0.05, 0.1) is 7.11 Å². The molecule has 3 nitrogen and oxygen atoms in total. The number of alkyl halides is 3. The molecule has 0 N–H and O–H groups in total. The average molecular weight is 283 g/mol. The minimum atomic E-state index is -4.77. The highest BCUT2D eigenvalue weighted by molar-refractivity contribution is 5.42. The Labute approximate surface area is 113 Å². The molecule has 0 unspecified atom stereocenters. The van der Waals surface area contributed by atoms with Crippen LogP contribution in [-0.2, 0) is 6.18 Å². The van der Waals surface area contributed by atoms with Crippen LogP contribution in [0.5, 0.6) is 5.75 Å². The van der Waals surface area contributed by atoms with E-state index in [0.717, 1.165) is 11.7 Å². The van der Waals surface area contributed by atoms with Gasteiger partial charge in [-0.1, -0.05) is 18.2 Å². The maximum absolute atomic E-state index is 13.0. The van der Waals surface area contributed by atoms with Gasteiger partial charge in [0.1, 0.15) is 5.75 Å². The first-order valence-electron chi connectivity index (χ1n) is 5.79. The van der Waals surface area contributed by atoms with Crippen molar-refractivity contribution in [2.45, 2.75) is 13.1 Å². The second-order valence-corrected chi connectivity index (χ2v) is 4.20. The SMILES string of the molecule is COc1cc(C)n(-c2ccccc2)c(=O)c1C(F)(F)F. The van der Waals surface area contributed by atoms with Gasteiger partial charge in [-0.15, -0.1) is 0 Å². The molecule has 0 atom stereocenters. The summed E-state index contributed by atoms with van der Waals surface area (Å²) in [4.78, 5) is 12.2. The van der Waals surface area contributed by atoms with Crippen LogP contribution < -0.4 is 10.3 Å². The van der Waals surface area contributed by atoms with Crippen LogP contribution in [0.1, 0.15) is 11.3 Å². The third kappa shape index (κ3) is 2.41. The normalized spacial score (nSPS) is 11.4. The van der Waals surface area contributed by atoms with E-state index in [0.29, 0.717) is 11.4 Å². The Balaban J connectivity index is 2.82. The van der Waals surface area contributed by atoms with Crippen molar-refractivity contribution in [3.63, 3.8) is 0 Å². The Morgan fingerprint density at radius 2 is 1.75 bits per heavy atom. The summed E-state index contributed by atoms with van der Waals surface area (Å²) in [6, 6.07) is 9.37. The van der Waals surface area contributed by atoms with E-state index >= 15 is 0 Å². The number of benzene rings is 1. The lowest BCUT2D eigenvalue weighted by Gasteiger charge is -2.16. The maximum atomic E-state index is 13.0. The summed E-state index contributed by atoms with van der Waals surface area (Å²) >= 11 is 0. The standard InChI is InChI=1S/C14H12F3NO2/c1-9-8-11(20-2)12(14(15,16)17)13(19)18(9)10-6-4-3-5-7-10/h3-8H,1-2H3. The fourth-order valence-corrected chi connectivity index (χ4v) is 2.02. The van der Waals surface area contributed by atoms with Crippen molar-refractivity contribution in [2.75, 3.05) is 7.11 Å². The maximum Gasteiger partial charge on any atom is 0.425 e. The van der Waals surface area contributed by atoms with Gasteiger partial charge in [0.2, 0.25) is 0 Å². The zero-order valence-electron chi connectivity index (χ0n) is 10.9. The van der Waals surface area contributed by atoms with Gasteiger partial charge in [-0.05, 0) is 19.1 Å². The molecule has 6 heteroatoms. The highest BCUT2D eigenvalue weighted by Crippen LogP contribution is 2.34. The number of hydrogen-bond donors (Lipinski definition) is 0. The molecular formula is C14H12F3NO2. The van der Waals surface area contributed by atoms with Gasteiger partial charge in [0, 0.05) is 17.4 Å². The van der Waals surface area contributed by atoms with Crippen LogP contribution in [-0.4, -0.2) is 11.7 Å². The monoisotopic (exact) mass is 283 g/mol. The van der Waals surface area contributed by atoms with E-state index in [1.54, 1.807) is 37.3 Å². The second kappa shape index (κ2) is 5.03. The minimum Gasteiger partial charge on any atom is -0.496 e. The predicted molar refractivity (Wildman–Crippen MR) is 68.3 cm³/mol. The van der Waals surface area contributed by atoms with Crippen molar-refractivity contribution < 1.29 is 17.9 Å². The Bertz CT molecular complexity index is 675. The molecule has 0 saturated heterocycles. The molecule has 0 amide bonds. The molecule has 0 aliphatic carbocycles. The van der Waals surface area contributed by atoms with Gasteiger partial charge in [-0.2, -0.15) is 13.2 Å². The highest BCUT2D eigenvalue weighted by Gasteiger charge is 2.39. The first kappa shape index (κ1) is 14.2. The molecule has 1 aromatic heterocycles. The molecule has 2 rings (SSSR count). The number of nitrogens with zero attached hydrogens (tertiary/aromatic N) is 1. The lowest BCUT2D eigenvalue weighted by Crippen LogP contribution is -2.29. The summed E-state index contributed by atoms with van der Waals surface area (Å²) < 4.78 is 44.8. The van der Waals surface area contributed by atoms with Crippen molar-refractivity contribution in [2.24, 2.45) is 0 Å². The van der Waals surface area contributed by atoms with E-state index in [1.807, 2.05) is 0 Å². The molecule has 1 aromatic carbocycles. The number of pyridine rings is 1. The molecule has 0 aliphatic rings. The van der Waals surface area contributed by atoms with Crippen LogP contribution >= 0.6 is 0 Å². The Kier molecular flexibility index (Phi) is 3.57. The smallest absolute Gasteiger partial charge is 0.425 e. The van der Waals surface area contributed by atoms with Crippen LogP contribution in [0.3, 0.4) is 0 Å². The summed E-state index contributed by atoms with van der Waals surface area (Å²) in [7, 11) is 1.11. The quantitative estimate of drug-likeness (QED) is 0.847. The third-order valence-corrected chi connectivity index (χ3v) is 2.87. The van der Waals surface area contributed by atoms with Gasteiger partial charge < -0.3 is 4.74 Å². The van der Waals surface area contributed by atoms with Gasteiger partial charge in [0.25, 0.3) is 5.56 Å². The number of hydrogen-bond acceptors (Lipinski definition) is 2. The summed E-state index contributed by atoms with van der Waals surface area (Å²) in [6.07, 6.45) is -4.77. The number of rotatable bonds is 2. The van der Waals surface area contributed by atoms with Gasteiger partial charge in [0.15, 0.2) is 5.56 Å². The van der Waals surface area contributed by atoms with E-state index < -0.39 is 23.0 Å². The molecule has 20 heavy (non-hydrogen) atoms. The van der Waals surface area contributed by atoms with Crippen molar-refractivity contribution in [1.82, 2.24) is 4.57 Å². The molecule has 0 radical (unpaired) electrons. The number of ether oxygens (including phenoxy) is 1. The van der Waals surface area contributed by atoms with E-state index in [1.165, 1.54) is 6.07 Å². The summed E-state index contributed by atoms with van der Waals surface area (Å²) in [5.41, 5.74) is -1.69. The summed E-state index contributed by atoms with van der Waals surface area (Å²) in [5, 5.41) is 0.